The Labute approximate surface area is 285 Å². The molecule has 12 nitrogen and oxygen atoms in total. The largest absolute Gasteiger partial charge is 0.463 e. The van der Waals surface area contributed by atoms with Crippen molar-refractivity contribution in [2.24, 2.45) is 0 Å². The smallest absolute Gasteiger partial charge is 0.305 e. The molecule has 0 aliphatic rings. The van der Waals surface area contributed by atoms with Crippen LogP contribution in [0.1, 0.15) is 97.3 Å². The van der Waals surface area contributed by atoms with Crippen molar-refractivity contribution in [2.75, 3.05) is 119 Å². The van der Waals surface area contributed by atoms with Crippen LogP contribution < -0.4 is 0 Å². The number of ether oxygens (including phenoxy) is 10. The van der Waals surface area contributed by atoms with E-state index in [1.54, 1.807) is 0 Å². The van der Waals surface area contributed by atoms with Crippen molar-refractivity contribution in [3.8, 4) is 0 Å². The van der Waals surface area contributed by atoms with Crippen LogP contribution in [0.4, 0.5) is 0 Å². The Kier molecular flexibility index (Phi) is 39.6. The first-order chi connectivity index (χ1) is 23.2. The molecular weight excluding hydrogens is 612 g/mol. The Hall–Kier alpha value is -1.38. The summed E-state index contributed by atoms with van der Waals surface area (Å²) in [6.07, 6.45) is 13.5. The minimum Gasteiger partial charge on any atom is -0.463 e. The van der Waals surface area contributed by atoms with Gasteiger partial charge >= 0.3 is 11.9 Å². The van der Waals surface area contributed by atoms with Crippen molar-refractivity contribution in [3.05, 3.63) is 0 Å². The first kappa shape index (κ1) is 45.6. The van der Waals surface area contributed by atoms with Gasteiger partial charge in [-0.05, 0) is 12.8 Å². The number of unbranched alkanes of at least 4 members (excludes halogenated alkanes) is 9. The molecule has 0 aliphatic heterocycles. The molecule has 0 spiro atoms. The van der Waals surface area contributed by atoms with E-state index in [2.05, 4.69) is 13.8 Å². The molecule has 0 atom stereocenters. The number of carbonyl (C=O) groups is 2. The van der Waals surface area contributed by atoms with Gasteiger partial charge in [0, 0.05) is 12.8 Å². The summed E-state index contributed by atoms with van der Waals surface area (Å²) in [4.78, 5) is 23.2. The molecule has 0 aliphatic carbocycles. The topological polar surface area (TPSA) is 126 Å². The highest BCUT2D eigenvalue weighted by Gasteiger charge is 2.04. The van der Waals surface area contributed by atoms with Gasteiger partial charge in [-0.2, -0.15) is 0 Å². The van der Waals surface area contributed by atoms with Gasteiger partial charge in [0.05, 0.1) is 106 Å². The van der Waals surface area contributed by atoms with Gasteiger partial charge < -0.3 is 47.4 Å². The molecular formula is C35H68O12. The summed E-state index contributed by atoms with van der Waals surface area (Å²) in [6.45, 7) is 12.4. The van der Waals surface area contributed by atoms with Crippen LogP contribution in [0.5, 0.6) is 0 Å². The number of rotatable bonds is 40. The van der Waals surface area contributed by atoms with Gasteiger partial charge in [0.25, 0.3) is 0 Å². The predicted molar refractivity (Wildman–Crippen MR) is 180 cm³/mol. The summed E-state index contributed by atoms with van der Waals surface area (Å²) in [6, 6.07) is 0. The number of hydrogen-bond acceptors (Lipinski definition) is 12. The van der Waals surface area contributed by atoms with E-state index in [9.17, 15) is 9.59 Å². The van der Waals surface area contributed by atoms with Crippen LogP contribution in [0.15, 0.2) is 0 Å². The molecule has 0 fully saturated rings. The minimum absolute atomic E-state index is 0.142. The highest BCUT2D eigenvalue weighted by Crippen LogP contribution is 2.09. The molecule has 0 saturated carbocycles. The van der Waals surface area contributed by atoms with Crippen LogP contribution >= 0.6 is 0 Å². The van der Waals surface area contributed by atoms with Crippen molar-refractivity contribution < 1.29 is 57.0 Å². The highest BCUT2D eigenvalue weighted by atomic mass is 16.6. The highest BCUT2D eigenvalue weighted by molar-refractivity contribution is 5.69. The van der Waals surface area contributed by atoms with Gasteiger partial charge in [-0.15, -0.1) is 0 Å². The van der Waals surface area contributed by atoms with Gasteiger partial charge in [0.1, 0.15) is 13.2 Å². The van der Waals surface area contributed by atoms with Crippen molar-refractivity contribution in [1.82, 2.24) is 0 Å². The molecule has 0 heterocycles. The fraction of sp³-hybridized carbons (Fsp3) is 0.943. The lowest BCUT2D eigenvalue weighted by Gasteiger charge is -2.09. The number of hydrogen-bond donors (Lipinski definition) is 0. The van der Waals surface area contributed by atoms with Crippen LogP contribution in [0.25, 0.3) is 0 Å². The van der Waals surface area contributed by atoms with Crippen molar-refractivity contribution in [2.45, 2.75) is 97.3 Å². The maximum atomic E-state index is 11.7. The Morgan fingerprint density at radius 3 is 0.787 bits per heavy atom. The van der Waals surface area contributed by atoms with Crippen molar-refractivity contribution in [3.63, 3.8) is 0 Å². The molecule has 12 heteroatoms. The first-order valence-corrected chi connectivity index (χ1v) is 18.1. The third-order valence-corrected chi connectivity index (χ3v) is 6.80. The van der Waals surface area contributed by atoms with E-state index in [1.807, 2.05) is 0 Å². The zero-order valence-corrected chi connectivity index (χ0v) is 29.8. The maximum Gasteiger partial charge on any atom is 0.305 e. The summed E-state index contributed by atoms with van der Waals surface area (Å²) in [5.74, 6) is -0.296. The summed E-state index contributed by atoms with van der Waals surface area (Å²) >= 11 is 0. The standard InChI is InChI=1S/C35H68O12/c1-3-5-7-9-10-11-13-15-35(37)47-33-31-45-29-27-43-25-23-41-21-19-39-17-16-38-18-20-40-22-24-42-26-28-44-30-32-46-34(36)14-12-8-6-4-2/h3-33H2,1-2H3. The molecule has 0 aromatic rings. The third-order valence-electron chi connectivity index (χ3n) is 6.80. The summed E-state index contributed by atoms with van der Waals surface area (Å²) in [5.41, 5.74) is 0. The lowest BCUT2D eigenvalue weighted by Crippen LogP contribution is -2.15. The summed E-state index contributed by atoms with van der Waals surface area (Å²) in [5, 5.41) is 0. The van der Waals surface area contributed by atoms with Gasteiger partial charge in [-0.1, -0.05) is 71.6 Å². The molecule has 0 aromatic heterocycles. The number of esters is 2. The maximum absolute atomic E-state index is 11.7. The molecule has 0 unspecified atom stereocenters. The Morgan fingerprint density at radius 1 is 0.298 bits per heavy atom. The third kappa shape index (κ3) is 40.7. The van der Waals surface area contributed by atoms with Gasteiger partial charge in [0.15, 0.2) is 0 Å². The molecule has 0 radical (unpaired) electrons. The second-order valence-electron chi connectivity index (χ2n) is 11.0. The number of carbonyl (C=O) groups excluding carboxylic acids is 2. The summed E-state index contributed by atoms with van der Waals surface area (Å²) < 4.78 is 53.9. The molecule has 0 N–H and O–H groups in total. The van der Waals surface area contributed by atoms with E-state index in [4.69, 9.17) is 47.4 Å². The fourth-order valence-electron chi connectivity index (χ4n) is 4.14. The normalized spacial score (nSPS) is 11.3. The molecule has 280 valence electrons. The van der Waals surface area contributed by atoms with E-state index in [0.29, 0.717) is 119 Å². The lowest BCUT2D eigenvalue weighted by atomic mass is 10.1. The SMILES string of the molecule is CCCCCCCCCC(=O)OCCOCCOCCOCCOCCOCCOCCOCCOCCOC(=O)CCCCCC. The van der Waals surface area contributed by atoms with Crippen LogP contribution in [0, 0.1) is 0 Å². The minimum atomic E-state index is -0.153. The van der Waals surface area contributed by atoms with Gasteiger partial charge in [-0.25, -0.2) is 0 Å². The van der Waals surface area contributed by atoms with Gasteiger partial charge in [-0.3, -0.25) is 9.59 Å². The van der Waals surface area contributed by atoms with E-state index in [0.717, 1.165) is 38.5 Å². The zero-order chi connectivity index (χ0) is 34.1. The van der Waals surface area contributed by atoms with Crippen molar-refractivity contribution >= 4 is 11.9 Å². The monoisotopic (exact) mass is 680 g/mol. The van der Waals surface area contributed by atoms with Crippen LogP contribution in [0.2, 0.25) is 0 Å². The van der Waals surface area contributed by atoms with E-state index in [-0.39, 0.29) is 25.2 Å². The Balaban J connectivity index is 3.13. The fourth-order valence-corrected chi connectivity index (χ4v) is 4.14. The Morgan fingerprint density at radius 2 is 0.511 bits per heavy atom. The van der Waals surface area contributed by atoms with Gasteiger partial charge in [0.2, 0.25) is 0 Å². The van der Waals surface area contributed by atoms with E-state index in [1.165, 1.54) is 32.1 Å². The van der Waals surface area contributed by atoms with E-state index >= 15 is 0 Å². The zero-order valence-electron chi connectivity index (χ0n) is 29.8. The molecule has 0 amide bonds. The van der Waals surface area contributed by atoms with Crippen molar-refractivity contribution in [1.29, 1.82) is 0 Å². The van der Waals surface area contributed by atoms with Crippen LogP contribution in [-0.2, 0) is 57.0 Å². The van der Waals surface area contributed by atoms with Crippen LogP contribution in [-0.4, -0.2) is 131 Å². The second kappa shape index (κ2) is 40.8. The molecule has 0 rings (SSSR count). The molecule has 0 bridgehead atoms. The van der Waals surface area contributed by atoms with Crippen LogP contribution in [0.3, 0.4) is 0 Å². The average Bonchev–Trinajstić information content (AvgIpc) is 3.07. The lowest BCUT2D eigenvalue weighted by molar-refractivity contribution is -0.146. The summed E-state index contributed by atoms with van der Waals surface area (Å²) in [7, 11) is 0. The van der Waals surface area contributed by atoms with E-state index < -0.39 is 0 Å². The Bertz CT molecular complexity index is 638. The average molecular weight is 681 g/mol. The first-order valence-electron chi connectivity index (χ1n) is 18.1. The molecule has 0 aromatic carbocycles. The molecule has 47 heavy (non-hydrogen) atoms. The quantitative estimate of drug-likeness (QED) is 0.0615. The predicted octanol–water partition coefficient (Wildman–Crippen LogP) is 5.32. The second-order valence-corrected chi connectivity index (χ2v) is 11.0. The molecule has 0 saturated heterocycles.